The molecule has 3 atom stereocenters. The molecule has 1 amide bonds. The lowest BCUT2D eigenvalue weighted by molar-refractivity contribution is -0.118. The fraction of sp³-hybridized carbons (Fsp3) is 0.611. The normalized spacial score (nSPS) is 28.4. The highest BCUT2D eigenvalue weighted by molar-refractivity contribution is 5.96. The topological polar surface area (TPSA) is 41.1 Å². The number of fused-ring (bicyclic) bond motifs is 1. The van der Waals surface area contributed by atoms with Crippen LogP contribution in [0, 0.1) is 11.8 Å². The molecule has 2 fully saturated rings. The Hall–Kier alpha value is -1.35. The Balaban J connectivity index is 1.76. The van der Waals surface area contributed by atoms with Crippen LogP contribution in [0.3, 0.4) is 0 Å². The molecule has 1 aromatic rings. The van der Waals surface area contributed by atoms with Crippen molar-refractivity contribution in [2.75, 3.05) is 11.9 Å². The minimum atomic E-state index is -0.00877. The van der Waals surface area contributed by atoms with Gasteiger partial charge in [0.15, 0.2) is 0 Å². The standard InChI is InChI=1S/C18H26N2O/c1-18(2,3)14-9-4-5-10-15(14)20-17(21)16-13-8-6-7-12(13)11-19-16/h4-5,9-10,12-13,16,19H,6-8,11H2,1-3H3,(H,20,21). The lowest BCUT2D eigenvalue weighted by atomic mass is 9.85. The number of benzene rings is 1. The summed E-state index contributed by atoms with van der Waals surface area (Å²) in [5.74, 6) is 1.38. The summed E-state index contributed by atoms with van der Waals surface area (Å²) < 4.78 is 0. The molecule has 1 aliphatic heterocycles. The molecule has 1 heterocycles. The Morgan fingerprint density at radius 1 is 1.24 bits per heavy atom. The van der Waals surface area contributed by atoms with E-state index in [-0.39, 0.29) is 17.4 Å². The van der Waals surface area contributed by atoms with Crippen molar-refractivity contribution in [3.63, 3.8) is 0 Å². The molecule has 1 saturated carbocycles. The van der Waals surface area contributed by atoms with E-state index in [1.165, 1.54) is 24.8 Å². The number of para-hydroxylation sites is 1. The van der Waals surface area contributed by atoms with E-state index < -0.39 is 0 Å². The summed E-state index contributed by atoms with van der Waals surface area (Å²) in [5.41, 5.74) is 2.18. The van der Waals surface area contributed by atoms with Crippen molar-refractivity contribution in [2.45, 2.75) is 51.5 Å². The van der Waals surface area contributed by atoms with E-state index >= 15 is 0 Å². The average molecular weight is 286 g/mol. The first kappa shape index (κ1) is 14.6. The zero-order chi connectivity index (χ0) is 15.0. The minimum absolute atomic E-state index is 0.00877. The molecular formula is C18H26N2O. The maximum atomic E-state index is 12.7. The maximum Gasteiger partial charge on any atom is 0.241 e. The Morgan fingerprint density at radius 3 is 2.76 bits per heavy atom. The number of amides is 1. The second-order valence-corrected chi connectivity index (χ2v) is 7.53. The van der Waals surface area contributed by atoms with Crippen LogP contribution in [-0.2, 0) is 10.2 Å². The van der Waals surface area contributed by atoms with Crippen molar-refractivity contribution >= 4 is 11.6 Å². The number of rotatable bonds is 2. The Bertz CT molecular complexity index is 532. The molecule has 3 nitrogen and oxygen atoms in total. The van der Waals surface area contributed by atoms with E-state index in [0.717, 1.165) is 12.2 Å². The molecule has 0 bridgehead atoms. The van der Waals surface area contributed by atoms with E-state index in [0.29, 0.717) is 11.8 Å². The Kier molecular flexibility index (Phi) is 3.78. The molecule has 0 spiro atoms. The van der Waals surface area contributed by atoms with Gasteiger partial charge in [0, 0.05) is 5.69 Å². The molecule has 2 N–H and O–H groups in total. The van der Waals surface area contributed by atoms with Gasteiger partial charge < -0.3 is 10.6 Å². The second kappa shape index (κ2) is 5.45. The van der Waals surface area contributed by atoms with E-state index in [1.807, 2.05) is 18.2 Å². The van der Waals surface area contributed by atoms with Crippen molar-refractivity contribution < 1.29 is 4.79 Å². The lowest BCUT2D eigenvalue weighted by Gasteiger charge is -2.24. The van der Waals surface area contributed by atoms with Crippen LogP contribution >= 0.6 is 0 Å². The number of anilines is 1. The van der Waals surface area contributed by atoms with Crippen LogP contribution in [0.2, 0.25) is 0 Å². The van der Waals surface area contributed by atoms with Crippen LogP contribution in [-0.4, -0.2) is 18.5 Å². The number of carbonyl (C=O) groups is 1. The van der Waals surface area contributed by atoms with Crippen molar-refractivity contribution in [1.82, 2.24) is 5.32 Å². The first-order chi connectivity index (χ1) is 9.97. The molecule has 3 heteroatoms. The van der Waals surface area contributed by atoms with E-state index in [1.54, 1.807) is 0 Å². The highest BCUT2D eigenvalue weighted by atomic mass is 16.2. The van der Waals surface area contributed by atoms with Crippen molar-refractivity contribution in [3.8, 4) is 0 Å². The van der Waals surface area contributed by atoms with Gasteiger partial charge in [-0.2, -0.15) is 0 Å². The van der Waals surface area contributed by atoms with Crippen LogP contribution in [0.5, 0.6) is 0 Å². The number of hydrogen-bond acceptors (Lipinski definition) is 2. The molecule has 21 heavy (non-hydrogen) atoms. The molecule has 3 unspecified atom stereocenters. The van der Waals surface area contributed by atoms with Gasteiger partial charge in [0.25, 0.3) is 0 Å². The van der Waals surface area contributed by atoms with E-state index in [2.05, 4.69) is 37.5 Å². The van der Waals surface area contributed by atoms with Gasteiger partial charge in [0.05, 0.1) is 6.04 Å². The third-order valence-electron chi connectivity index (χ3n) is 5.02. The Labute approximate surface area is 127 Å². The number of hydrogen-bond donors (Lipinski definition) is 2. The van der Waals surface area contributed by atoms with Crippen molar-refractivity contribution in [2.24, 2.45) is 11.8 Å². The molecule has 1 aliphatic carbocycles. The summed E-state index contributed by atoms with van der Waals surface area (Å²) in [5, 5.41) is 6.60. The summed E-state index contributed by atoms with van der Waals surface area (Å²) >= 11 is 0. The Morgan fingerprint density at radius 2 is 2.00 bits per heavy atom. The second-order valence-electron chi connectivity index (χ2n) is 7.53. The van der Waals surface area contributed by atoms with Crippen molar-refractivity contribution in [1.29, 1.82) is 0 Å². The summed E-state index contributed by atoms with van der Waals surface area (Å²) in [4.78, 5) is 12.7. The lowest BCUT2D eigenvalue weighted by Crippen LogP contribution is -2.40. The van der Waals surface area contributed by atoms with Crippen LogP contribution in [0.15, 0.2) is 24.3 Å². The third-order valence-corrected chi connectivity index (χ3v) is 5.02. The summed E-state index contributed by atoms with van der Waals surface area (Å²) in [6.07, 6.45) is 3.75. The first-order valence-corrected chi connectivity index (χ1v) is 8.10. The van der Waals surface area contributed by atoms with Crippen LogP contribution in [0.4, 0.5) is 5.69 Å². The molecule has 3 rings (SSSR count). The number of nitrogens with one attached hydrogen (secondary N) is 2. The fourth-order valence-corrected chi connectivity index (χ4v) is 3.93. The summed E-state index contributed by atoms with van der Waals surface area (Å²) in [6, 6.07) is 8.14. The largest absolute Gasteiger partial charge is 0.324 e. The molecular weight excluding hydrogens is 260 g/mol. The van der Waals surface area contributed by atoms with Gasteiger partial charge in [-0.3, -0.25) is 4.79 Å². The zero-order valence-corrected chi connectivity index (χ0v) is 13.3. The predicted octanol–water partition coefficient (Wildman–Crippen LogP) is 3.31. The zero-order valence-electron chi connectivity index (χ0n) is 13.3. The van der Waals surface area contributed by atoms with E-state index in [9.17, 15) is 4.79 Å². The summed E-state index contributed by atoms with van der Waals surface area (Å²) in [7, 11) is 0. The van der Waals surface area contributed by atoms with Gasteiger partial charge >= 0.3 is 0 Å². The van der Waals surface area contributed by atoms with E-state index in [4.69, 9.17) is 0 Å². The minimum Gasteiger partial charge on any atom is -0.324 e. The highest BCUT2D eigenvalue weighted by Gasteiger charge is 2.42. The van der Waals surface area contributed by atoms with Gasteiger partial charge in [-0.25, -0.2) is 0 Å². The quantitative estimate of drug-likeness (QED) is 0.875. The molecule has 0 aromatic heterocycles. The van der Waals surface area contributed by atoms with Gasteiger partial charge in [0.2, 0.25) is 5.91 Å². The molecule has 114 valence electrons. The fourth-order valence-electron chi connectivity index (χ4n) is 3.93. The van der Waals surface area contributed by atoms with Crippen LogP contribution < -0.4 is 10.6 Å². The highest BCUT2D eigenvalue weighted by Crippen LogP contribution is 2.38. The van der Waals surface area contributed by atoms with Gasteiger partial charge in [-0.05, 0) is 48.3 Å². The molecule has 1 saturated heterocycles. The first-order valence-electron chi connectivity index (χ1n) is 8.10. The van der Waals surface area contributed by atoms with Gasteiger partial charge in [-0.1, -0.05) is 45.4 Å². The van der Waals surface area contributed by atoms with Crippen LogP contribution in [0.1, 0.15) is 45.6 Å². The molecule has 1 aromatic carbocycles. The monoisotopic (exact) mass is 286 g/mol. The number of carbonyl (C=O) groups excluding carboxylic acids is 1. The summed E-state index contributed by atoms with van der Waals surface area (Å²) in [6.45, 7) is 7.54. The average Bonchev–Trinajstić information content (AvgIpc) is 2.99. The SMILES string of the molecule is CC(C)(C)c1ccccc1NC(=O)C1NCC2CCCC21. The molecule has 0 radical (unpaired) electrons. The van der Waals surface area contributed by atoms with Crippen molar-refractivity contribution in [3.05, 3.63) is 29.8 Å². The van der Waals surface area contributed by atoms with Gasteiger partial charge in [-0.15, -0.1) is 0 Å². The smallest absolute Gasteiger partial charge is 0.241 e. The van der Waals surface area contributed by atoms with Crippen LogP contribution in [0.25, 0.3) is 0 Å². The maximum absolute atomic E-state index is 12.7. The molecule has 2 aliphatic rings. The predicted molar refractivity (Wildman–Crippen MR) is 86.4 cm³/mol. The third kappa shape index (κ3) is 2.84. The van der Waals surface area contributed by atoms with Gasteiger partial charge in [0.1, 0.15) is 0 Å².